The Labute approximate surface area is 165 Å². The van der Waals surface area contributed by atoms with E-state index in [0.717, 1.165) is 6.21 Å². The highest BCUT2D eigenvalue weighted by molar-refractivity contribution is 6.32. The van der Waals surface area contributed by atoms with Crippen LogP contribution in [0, 0.1) is 11.3 Å². The average Bonchev–Trinajstić information content (AvgIpc) is 2.76. The van der Waals surface area contributed by atoms with Gasteiger partial charge in [0.25, 0.3) is 5.91 Å². The van der Waals surface area contributed by atoms with Crippen LogP contribution in [-0.2, 0) is 19.3 Å². The summed E-state index contributed by atoms with van der Waals surface area (Å²) in [6, 6.07) is 6.72. The van der Waals surface area contributed by atoms with Crippen molar-refractivity contribution in [3.63, 3.8) is 0 Å². The Bertz CT molecular complexity index is 829. The maximum Gasteiger partial charge on any atom is 0.436 e. The van der Waals surface area contributed by atoms with Gasteiger partial charge in [-0.1, -0.05) is 12.1 Å². The average molecular weight is 405 g/mol. The molecule has 0 radical (unpaired) electrons. The number of benzene rings is 1. The van der Waals surface area contributed by atoms with Crippen LogP contribution in [0.1, 0.15) is 23.2 Å². The van der Waals surface area contributed by atoms with Crippen LogP contribution in [0.3, 0.4) is 0 Å². The minimum atomic E-state index is -1.73. The first-order valence-electron chi connectivity index (χ1n) is 8.77. The summed E-state index contributed by atoms with van der Waals surface area (Å²) < 4.78 is 11.7. The predicted octanol–water partition coefficient (Wildman–Crippen LogP) is 0.699. The third kappa shape index (κ3) is 5.92. The molecule has 0 saturated carbocycles. The molecule has 1 aliphatic rings. The van der Waals surface area contributed by atoms with E-state index in [-0.39, 0.29) is 18.2 Å². The molecule has 1 atom stereocenters. The van der Waals surface area contributed by atoms with Gasteiger partial charge in [-0.15, -0.1) is 0 Å². The van der Waals surface area contributed by atoms with Crippen molar-refractivity contribution >= 4 is 41.7 Å². The van der Waals surface area contributed by atoms with Crippen LogP contribution >= 0.6 is 0 Å². The molecule has 1 saturated heterocycles. The monoisotopic (exact) mass is 405 g/mol. The molecule has 1 heterocycles. The van der Waals surface area contributed by atoms with Crippen molar-refractivity contribution in [1.82, 2.24) is 10.2 Å². The lowest BCUT2D eigenvalue weighted by Crippen LogP contribution is -2.45. The zero-order chi connectivity index (χ0) is 21.2. The molecule has 29 heavy (non-hydrogen) atoms. The number of likely N-dealkylation sites (tertiary alicyclic amines) is 1. The minimum absolute atomic E-state index is 0.152. The lowest BCUT2D eigenvalue weighted by Gasteiger charge is -2.32. The lowest BCUT2D eigenvalue weighted by molar-refractivity contribution is -0.186. The molecule has 1 fully saturated rings. The second-order valence-corrected chi connectivity index (χ2v) is 6.21. The van der Waals surface area contributed by atoms with Gasteiger partial charge in [0.2, 0.25) is 0 Å². The largest absolute Gasteiger partial charge is 0.436 e. The van der Waals surface area contributed by atoms with Crippen molar-refractivity contribution in [1.29, 1.82) is 5.41 Å². The second-order valence-electron chi connectivity index (χ2n) is 6.21. The van der Waals surface area contributed by atoms with E-state index in [4.69, 9.17) is 5.41 Å². The van der Waals surface area contributed by atoms with E-state index in [2.05, 4.69) is 15.5 Å². The molecule has 0 aromatic heterocycles. The van der Waals surface area contributed by atoms with Gasteiger partial charge in [-0.2, -0.15) is 5.10 Å². The quantitative estimate of drug-likeness (QED) is 0.346. The SMILES string of the molecule is N=C/C=N\Nc1ccccc1C(=O)N1CCCC(C(=O)CNC(=O)C(=O)OF)C1. The number of rotatable bonds is 7. The molecule has 1 unspecified atom stereocenters. The van der Waals surface area contributed by atoms with E-state index < -0.39 is 24.3 Å². The third-order valence-electron chi connectivity index (χ3n) is 4.33. The van der Waals surface area contributed by atoms with Crippen LogP contribution in [0.4, 0.5) is 10.2 Å². The van der Waals surface area contributed by atoms with Gasteiger partial charge in [-0.05, 0) is 25.0 Å². The minimum Gasteiger partial charge on any atom is -0.339 e. The third-order valence-corrected chi connectivity index (χ3v) is 4.33. The first kappa shape index (κ1) is 21.7. The Balaban J connectivity index is 2.01. The van der Waals surface area contributed by atoms with Gasteiger partial charge in [0.05, 0.1) is 24.0 Å². The molecule has 0 spiro atoms. The molecule has 0 aliphatic carbocycles. The Morgan fingerprint density at radius 1 is 1.31 bits per heavy atom. The van der Waals surface area contributed by atoms with Gasteiger partial charge in [-0.25, -0.2) is 9.74 Å². The fourth-order valence-corrected chi connectivity index (χ4v) is 2.92. The smallest absolute Gasteiger partial charge is 0.339 e. The number of ketones is 1. The highest BCUT2D eigenvalue weighted by Crippen LogP contribution is 2.23. The molecule has 1 aliphatic heterocycles. The van der Waals surface area contributed by atoms with Crippen LogP contribution < -0.4 is 10.7 Å². The summed E-state index contributed by atoms with van der Waals surface area (Å²) in [5.74, 6) is -4.27. The molecule has 11 heteroatoms. The molecule has 3 N–H and O–H groups in total. The van der Waals surface area contributed by atoms with E-state index in [9.17, 15) is 23.7 Å². The second kappa shape index (κ2) is 10.6. The first-order chi connectivity index (χ1) is 14.0. The number of anilines is 1. The van der Waals surface area contributed by atoms with Crippen LogP contribution in [-0.4, -0.2) is 60.5 Å². The van der Waals surface area contributed by atoms with Crippen LogP contribution in [0.5, 0.6) is 0 Å². The molecule has 1 aromatic carbocycles. The van der Waals surface area contributed by atoms with Crippen molar-refractivity contribution in [3.8, 4) is 0 Å². The van der Waals surface area contributed by atoms with Gasteiger partial charge in [0, 0.05) is 29.7 Å². The fourth-order valence-electron chi connectivity index (χ4n) is 2.92. The van der Waals surface area contributed by atoms with Crippen molar-refractivity contribution in [2.45, 2.75) is 12.8 Å². The summed E-state index contributed by atoms with van der Waals surface area (Å²) in [6.45, 7) is 0.150. The van der Waals surface area contributed by atoms with Crippen LogP contribution in [0.25, 0.3) is 0 Å². The number of halogens is 1. The molecule has 1 aromatic rings. The molecule has 10 nitrogen and oxygen atoms in total. The van der Waals surface area contributed by atoms with E-state index in [0.29, 0.717) is 30.6 Å². The zero-order valence-electron chi connectivity index (χ0n) is 15.4. The molecule has 2 amide bonds. The topological polar surface area (TPSA) is 141 Å². The van der Waals surface area contributed by atoms with Gasteiger partial charge in [-0.3, -0.25) is 19.8 Å². The number of hydrogen-bond acceptors (Lipinski definition) is 8. The summed E-state index contributed by atoms with van der Waals surface area (Å²) in [7, 11) is 0. The van der Waals surface area contributed by atoms with Crippen LogP contribution in [0.2, 0.25) is 0 Å². The number of amides is 2. The van der Waals surface area contributed by atoms with Crippen molar-refractivity contribution in [2.75, 3.05) is 25.1 Å². The van der Waals surface area contributed by atoms with Gasteiger partial charge in [0.15, 0.2) is 5.78 Å². The normalized spacial score (nSPS) is 16.2. The summed E-state index contributed by atoms with van der Waals surface area (Å²) in [4.78, 5) is 51.5. The van der Waals surface area contributed by atoms with Gasteiger partial charge in [0.1, 0.15) is 0 Å². The first-order valence-corrected chi connectivity index (χ1v) is 8.77. The van der Waals surface area contributed by atoms with E-state index in [1.807, 2.05) is 5.32 Å². The predicted molar refractivity (Wildman–Crippen MR) is 101 cm³/mol. The van der Waals surface area contributed by atoms with Gasteiger partial charge >= 0.3 is 11.9 Å². The highest BCUT2D eigenvalue weighted by Gasteiger charge is 2.30. The van der Waals surface area contributed by atoms with E-state index >= 15 is 0 Å². The number of para-hydroxylation sites is 1. The highest BCUT2D eigenvalue weighted by atomic mass is 19.3. The van der Waals surface area contributed by atoms with Crippen molar-refractivity contribution < 1.29 is 28.6 Å². The lowest BCUT2D eigenvalue weighted by atomic mass is 9.93. The zero-order valence-corrected chi connectivity index (χ0v) is 15.4. The van der Waals surface area contributed by atoms with Crippen LogP contribution in [0.15, 0.2) is 29.4 Å². The number of Topliss-reactive ketones (excluding diaryl/α,β-unsaturated/α-hetero) is 1. The number of piperidine rings is 1. The number of nitrogens with zero attached hydrogens (tertiary/aromatic N) is 2. The van der Waals surface area contributed by atoms with E-state index in [1.54, 1.807) is 24.3 Å². The molecule has 0 bridgehead atoms. The Morgan fingerprint density at radius 2 is 2.07 bits per heavy atom. The van der Waals surface area contributed by atoms with Crippen molar-refractivity contribution in [3.05, 3.63) is 29.8 Å². The number of carbonyl (C=O) groups excluding carboxylic acids is 4. The summed E-state index contributed by atoms with van der Waals surface area (Å²) in [5.41, 5.74) is 3.52. The Kier molecular flexibility index (Phi) is 7.95. The summed E-state index contributed by atoms with van der Waals surface area (Å²) >= 11 is 0. The van der Waals surface area contributed by atoms with Crippen molar-refractivity contribution in [2.24, 2.45) is 11.0 Å². The number of hydrogen-bond donors (Lipinski definition) is 3. The number of carbonyl (C=O) groups is 4. The standard InChI is InChI=1S/C18H20FN5O5/c19-29-18(28)16(26)21-10-15(25)12-4-3-9-24(11-12)17(27)13-5-1-2-6-14(13)23-22-8-7-20/h1-2,5-8,12,20,23H,3-4,9-11H2,(H,21,26)/b20-7?,22-8-. The summed E-state index contributed by atoms with van der Waals surface area (Å²) in [6.07, 6.45) is 3.33. The molecular formula is C18H20FN5O5. The van der Waals surface area contributed by atoms with Gasteiger partial charge < -0.3 is 15.6 Å². The Morgan fingerprint density at radius 3 is 2.79 bits per heavy atom. The Hall–Kier alpha value is -3.63. The molecular weight excluding hydrogens is 385 g/mol. The maximum atomic E-state index is 12.9. The van der Waals surface area contributed by atoms with E-state index in [1.165, 1.54) is 11.1 Å². The molecule has 2 rings (SSSR count). The number of hydrazone groups is 1. The molecule has 154 valence electrons. The fraction of sp³-hybridized carbons (Fsp3) is 0.333. The summed E-state index contributed by atoms with van der Waals surface area (Å²) in [5, 5.41) is 12.7. The maximum absolute atomic E-state index is 12.9. The number of nitrogens with one attached hydrogen (secondary N) is 3.